The zero-order chi connectivity index (χ0) is 29.8. The summed E-state index contributed by atoms with van der Waals surface area (Å²) < 4.78 is 15.7. The molecule has 0 radical (unpaired) electrons. The molecule has 1 amide bonds. The van der Waals surface area contributed by atoms with E-state index in [2.05, 4.69) is 35.7 Å². The normalized spacial score (nSPS) is 19.4. The number of β-amino-alcohol motifs (C(OH)–C–C–N with tert-alkyl or cyclic N) is 1. The smallest absolute Gasteiger partial charge is 0.276 e. The lowest BCUT2D eigenvalue weighted by molar-refractivity contribution is 0.102. The highest BCUT2D eigenvalue weighted by molar-refractivity contribution is 6.03. The van der Waals surface area contributed by atoms with Crippen molar-refractivity contribution in [1.82, 2.24) is 29.5 Å². The second-order valence-electron chi connectivity index (χ2n) is 10.9. The van der Waals surface area contributed by atoms with Crippen molar-refractivity contribution >= 4 is 40.4 Å². The van der Waals surface area contributed by atoms with E-state index in [4.69, 9.17) is 15.8 Å². The van der Waals surface area contributed by atoms with Crippen LogP contribution in [-0.4, -0.2) is 91.9 Å². The van der Waals surface area contributed by atoms with E-state index in [0.717, 1.165) is 63.9 Å². The van der Waals surface area contributed by atoms with Crippen LogP contribution in [0.3, 0.4) is 0 Å². The fourth-order valence-electron chi connectivity index (χ4n) is 5.57. The van der Waals surface area contributed by atoms with E-state index >= 15 is 0 Å². The average Bonchev–Trinajstić information content (AvgIpc) is 3.45. The number of nitrogens with two attached hydrogens (primary N) is 1. The molecular formula is C29H36FN11O2. The van der Waals surface area contributed by atoms with Gasteiger partial charge in [0.05, 0.1) is 30.4 Å². The molecule has 43 heavy (non-hydrogen) atoms. The van der Waals surface area contributed by atoms with Crippen LogP contribution in [0, 0.1) is 5.82 Å². The summed E-state index contributed by atoms with van der Waals surface area (Å²) in [6.45, 7) is 4.16. The molecule has 2 fully saturated rings. The maximum atomic E-state index is 14.2. The number of pyridine rings is 2. The van der Waals surface area contributed by atoms with Crippen molar-refractivity contribution in [1.29, 1.82) is 0 Å². The number of piperazine rings is 1. The van der Waals surface area contributed by atoms with Crippen molar-refractivity contribution in [3.63, 3.8) is 0 Å². The van der Waals surface area contributed by atoms with Gasteiger partial charge in [-0.25, -0.2) is 18.9 Å². The number of nitrogens with one attached hydrogen (secondary N) is 3. The van der Waals surface area contributed by atoms with Gasteiger partial charge in [-0.3, -0.25) is 14.7 Å². The number of fused-ring (bicyclic) bond motifs is 1. The minimum atomic E-state index is -0.640. The zero-order valence-electron chi connectivity index (χ0n) is 23.8. The number of nitrogens with zero attached hydrogens (tertiary/aromatic N) is 7. The number of aliphatic hydroxyl groups is 1. The molecule has 4 aromatic rings. The molecule has 0 spiro atoms. The van der Waals surface area contributed by atoms with Crippen LogP contribution in [0.2, 0.25) is 0 Å². The first kappa shape index (κ1) is 28.7. The molecule has 1 aliphatic heterocycles. The molecular weight excluding hydrogens is 553 g/mol. The monoisotopic (exact) mass is 589 g/mol. The van der Waals surface area contributed by atoms with Crippen molar-refractivity contribution in [2.75, 3.05) is 60.2 Å². The fourth-order valence-corrected chi connectivity index (χ4v) is 5.57. The van der Waals surface area contributed by atoms with Crippen molar-refractivity contribution in [3.05, 3.63) is 60.4 Å². The predicted octanol–water partition coefficient (Wildman–Crippen LogP) is 2.45. The number of aliphatic hydroxyl groups excluding tert-OH is 1. The number of aromatic nitrogens is 5. The summed E-state index contributed by atoms with van der Waals surface area (Å²) in [4.78, 5) is 30.8. The van der Waals surface area contributed by atoms with Gasteiger partial charge in [0.25, 0.3) is 5.91 Å². The third-order valence-corrected chi connectivity index (χ3v) is 7.95. The average molecular weight is 590 g/mol. The Balaban J connectivity index is 1.29. The largest absolute Gasteiger partial charge is 0.395 e. The Hall–Kier alpha value is -4.40. The summed E-state index contributed by atoms with van der Waals surface area (Å²) in [7, 11) is 0. The number of carbonyl (C=O) groups excluding carboxylic acids is 1. The Bertz CT molecular complexity index is 1570. The Kier molecular flexibility index (Phi) is 8.58. The maximum absolute atomic E-state index is 14.2. The highest BCUT2D eigenvalue weighted by Gasteiger charge is 2.23. The molecule has 0 aromatic carbocycles. The predicted molar refractivity (Wildman–Crippen MR) is 162 cm³/mol. The molecule has 4 aromatic heterocycles. The molecule has 0 atom stereocenters. The number of imidazole rings is 1. The van der Waals surface area contributed by atoms with Gasteiger partial charge in [-0.15, -0.1) is 5.10 Å². The lowest BCUT2D eigenvalue weighted by Gasteiger charge is -2.35. The molecule has 6 N–H and O–H groups in total. The van der Waals surface area contributed by atoms with Crippen LogP contribution >= 0.6 is 0 Å². The molecule has 5 heterocycles. The third kappa shape index (κ3) is 6.66. The van der Waals surface area contributed by atoms with E-state index in [1.807, 2.05) is 24.3 Å². The first-order valence-corrected chi connectivity index (χ1v) is 14.6. The summed E-state index contributed by atoms with van der Waals surface area (Å²) in [6.07, 6.45) is 7.54. The molecule has 6 rings (SSSR count). The first-order chi connectivity index (χ1) is 21.0. The summed E-state index contributed by atoms with van der Waals surface area (Å²) in [5, 5.41) is 23.4. The van der Waals surface area contributed by atoms with Crippen LogP contribution in [0.5, 0.6) is 0 Å². The van der Waals surface area contributed by atoms with E-state index in [0.29, 0.717) is 29.5 Å². The summed E-state index contributed by atoms with van der Waals surface area (Å²) in [6, 6.07) is 9.45. The number of amides is 1. The quantitative estimate of drug-likeness (QED) is 0.195. The Labute approximate surface area is 248 Å². The molecule has 0 unspecified atom stereocenters. The van der Waals surface area contributed by atoms with E-state index in [1.54, 1.807) is 0 Å². The SMILES string of the molecule is NC1CCC(Nc2cc(Nc3cccc(N4CCN(CCO)CC4)n3)c3ncc(C(=O)Nc4ccncc4F)n3n2)CC1. The molecule has 1 aliphatic carbocycles. The molecule has 13 nitrogen and oxygen atoms in total. The van der Waals surface area contributed by atoms with Crippen LogP contribution in [0.4, 0.5) is 33.2 Å². The Morgan fingerprint density at radius 3 is 2.63 bits per heavy atom. The maximum Gasteiger partial charge on any atom is 0.276 e. The topological polar surface area (TPSA) is 162 Å². The molecule has 14 heteroatoms. The van der Waals surface area contributed by atoms with E-state index < -0.39 is 11.7 Å². The summed E-state index contributed by atoms with van der Waals surface area (Å²) in [5.74, 6) is 0.828. The van der Waals surface area contributed by atoms with Crippen LogP contribution in [0.15, 0.2) is 48.9 Å². The fraction of sp³-hybridized carbons (Fsp3) is 0.414. The lowest BCUT2D eigenvalue weighted by Crippen LogP contribution is -2.47. The standard InChI is InChI=1S/C29H36FN11O2/c30-21-17-32-9-8-22(21)36-29(43)24-18-33-28-23(16-26(38-41(24)28)34-20-6-4-19(31)5-7-20)35-25-2-1-3-27(37-25)40-12-10-39(11-13-40)14-15-42/h1-3,8-9,16-20,42H,4-7,10-15,31H2,(H,34,38)(H,35,37)(H,32,36,43). The first-order valence-electron chi connectivity index (χ1n) is 14.6. The second kappa shape index (κ2) is 12.9. The summed E-state index contributed by atoms with van der Waals surface area (Å²) in [5.41, 5.74) is 7.29. The van der Waals surface area contributed by atoms with E-state index in [-0.39, 0.29) is 30.1 Å². The molecule has 226 valence electrons. The van der Waals surface area contributed by atoms with E-state index in [1.165, 1.54) is 23.0 Å². The van der Waals surface area contributed by atoms with Gasteiger partial charge in [-0.05, 0) is 43.9 Å². The zero-order valence-corrected chi connectivity index (χ0v) is 23.8. The molecule has 2 aliphatic rings. The number of hydrogen-bond donors (Lipinski definition) is 5. The highest BCUT2D eigenvalue weighted by Crippen LogP contribution is 2.28. The van der Waals surface area contributed by atoms with Crippen LogP contribution < -0.4 is 26.6 Å². The van der Waals surface area contributed by atoms with Crippen LogP contribution in [-0.2, 0) is 0 Å². The van der Waals surface area contributed by atoms with Gasteiger partial charge in [0.2, 0.25) is 0 Å². The number of rotatable bonds is 9. The number of halogens is 1. The molecule has 1 saturated carbocycles. The number of carbonyl (C=O) groups is 1. The molecule has 1 saturated heterocycles. The Morgan fingerprint density at radius 1 is 1.05 bits per heavy atom. The highest BCUT2D eigenvalue weighted by atomic mass is 19.1. The number of anilines is 5. The van der Waals surface area contributed by atoms with Crippen molar-refractivity contribution in [2.45, 2.75) is 37.8 Å². The Morgan fingerprint density at radius 2 is 1.86 bits per heavy atom. The number of hydrogen-bond acceptors (Lipinski definition) is 11. The van der Waals surface area contributed by atoms with Gasteiger partial charge >= 0.3 is 0 Å². The van der Waals surface area contributed by atoms with Gasteiger partial charge in [0.1, 0.15) is 17.5 Å². The van der Waals surface area contributed by atoms with Gasteiger partial charge in [0, 0.05) is 57.1 Å². The van der Waals surface area contributed by atoms with Gasteiger partial charge < -0.3 is 31.7 Å². The van der Waals surface area contributed by atoms with Crippen molar-refractivity contribution < 1.29 is 14.3 Å². The van der Waals surface area contributed by atoms with Gasteiger partial charge in [-0.1, -0.05) is 6.07 Å². The second-order valence-corrected chi connectivity index (χ2v) is 10.9. The minimum Gasteiger partial charge on any atom is -0.395 e. The molecule has 0 bridgehead atoms. The van der Waals surface area contributed by atoms with Gasteiger partial charge in [-0.2, -0.15) is 0 Å². The van der Waals surface area contributed by atoms with E-state index in [9.17, 15) is 14.3 Å². The summed E-state index contributed by atoms with van der Waals surface area (Å²) >= 11 is 0. The van der Waals surface area contributed by atoms with Crippen molar-refractivity contribution in [2.24, 2.45) is 5.73 Å². The van der Waals surface area contributed by atoms with Crippen LogP contribution in [0.1, 0.15) is 36.2 Å². The van der Waals surface area contributed by atoms with Crippen LogP contribution in [0.25, 0.3) is 5.65 Å². The lowest BCUT2D eigenvalue weighted by atomic mass is 9.92. The van der Waals surface area contributed by atoms with Crippen molar-refractivity contribution in [3.8, 4) is 0 Å². The third-order valence-electron chi connectivity index (χ3n) is 7.95. The minimum absolute atomic E-state index is 0.0133. The van der Waals surface area contributed by atoms with Gasteiger partial charge in [0.15, 0.2) is 17.2 Å².